The van der Waals surface area contributed by atoms with E-state index in [0.717, 1.165) is 0 Å². The summed E-state index contributed by atoms with van der Waals surface area (Å²) in [6, 6.07) is 5.25. The van der Waals surface area contributed by atoms with Gasteiger partial charge in [0.2, 0.25) is 5.91 Å². The number of hydrogen-bond donors (Lipinski definition) is 3. The number of anilines is 1. The van der Waals surface area contributed by atoms with Crippen LogP contribution in [0.25, 0.3) is 11.4 Å². The second-order valence-corrected chi connectivity index (χ2v) is 4.67. The summed E-state index contributed by atoms with van der Waals surface area (Å²) in [6.07, 6.45) is 0. The lowest BCUT2D eigenvalue weighted by molar-refractivity contribution is -0.114. The number of tetrazole rings is 1. The first-order chi connectivity index (χ1) is 10.4. The molecule has 2 rings (SSSR count). The van der Waals surface area contributed by atoms with Crippen molar-refractivity contribution in [1.82, 2.24) is 25.2 Å². The highest BCUT2D eigenvalue weighted by atomic mass is 16.1. The Bertz CT molecular complexity index is 719. The quantitative estimate of drug-likeness (QED) is 0.293. The van der Waals surface area contributed by atoms with Crippen molar-refractivity contribution >= 4 is 17.4 Å². The number of rotatable bonds is 3. The summed E-state index contributed by atoms with van der Waals surface area (Å²) in [5, 5.41) is 19.0. The zero-order valence-corrected chi connectivity index (χ0v) is 12.5. The molecule has 2 aromatic rings. The van der Waals surface area contributed by atoms with E-state index in [1.165, 1.54) is 16.6 Å². The first-order valence-electron chi connectivity index (χ1n) is 6.34. The van der Waals surface area contributed by atoms with Crippen molar-refractivity contribution in [3.8, 4) is 11.4 Å². The van der Waals surface area contributed by atoms with Gasteiger partial charge in [0.25, 0.3) is 0 Å². The summed E-state index contributed by atoms with van der Waals surface area (Å²) in [4.78, 5) is 11.3. The van der Waals surface area contributed by atoms with E-state index < -0.39 is 0 Å². The van der Waals surface area contributed by atoms with Gasteiger partial charge in [-0.2, -0.15) is 5.10 Å². The van der Waals surface area contributed by atoms with E-state index in [2.05, 4.69) is 25.9 Å². The molecule has 0 fully saturated rings. The molecule has 22 heavy (non-hydrogen) atoms. The number of benzene rings is 1. The molecule has 0 atom stereocenters. The lowest BCUT2D eigenvalue weighted by Crippen LogP contribution is -2.34. The Hall–Kier alpha value is -3.01. The molecule has 0 saturated heterocycles. The number of amides is 1. The van der Waals surface area contributed by atoms with E-state index in [1.807, 2.05) is 0 Å². The number of nitrogens with two attached hydrogens (primary N) is 2. The van der Waals surface area contributed by atoms with Gasteiger partial charge in [-0.15, -0.1) is 5.10 Å². The van der Waals surface area contributed by atoms with E-state index >= 15 is 0 Å². The van der Waals surface area contributed by atoms with Crippen LogP contribution in [0.3, 0.4) is 0 Å². The van der Waals surface area contributed by atoms with Gasteiger partial charge in [0, 0.05) is 37.8 Å². The minimum atomic E-state index is -0.202. The molecule has 1 amide bonds. The average molecular weight is 303 g/mol. The van der Waals surface area contributed by atoms with Gasteiger partial charge >= 0.3 is 0 Å². The molecule has 0 aliphatic carbocycles. The van der Waals surface area contributed by atoms with Crippen LogP contribution in [0.15, 0.2) is 23.3 Å². The second-order valence-electron chi connectivity index (χ2n) is 4.67. The van der Waals surface area contributed by atoms with Gasteiger partial charge in [-0.3, -0.25) is 9.80 Å². The number of aromatic nitrogens is 4. The number of amidine groups is 1. The fourth-order valence-electron chi connectivity index (χ4n) is 2.00. The van der Waals surface area contributed by atoms with E-state index in [9.17, 15) is 4.79 Å². The zero-order chi connectivity index (χ0) is 16.3. The average Bonchev–Trinajstić information content (AvgIpc) is 2.84. The Morgan fingerprint density at radius 1 is 1.41 bits per heavy atom. The summed E-state index contributed by atoms with van der Waals surface area (Å²) < 4.78 is 1.52. The molecule has 10 nitrogen and oxygen atoms in total. The third-order valence-corrected chi connectivity index (χ3v) is 2.85. The largest absolute Gasteiger partial charge is 0.326 e. The molecule has 0 saturated carbocycles. The van der Waals surface area contributed by atoms with Crippen LogP contribution < -0.4 is 17.0 Å². The van der Waals surface area contributed by atoms with Crippen LogP contribution in [0.4, 0.5) is 5.69 Å². The van der Waals surface area contributed by atoms with Crippen LogP contribution in [0, 0.1) is 0 Å². The molecule has 0 aliphatic rings. The summed E-state index contributed by atoms with van der Waals surface area (Å²) in [6.45, 7) is 1.42. The fourth-order valence-corrected chi connectivity index (χ4v) is 2.00. The van der Waals surface area contributed by atoms with Gasteiger partial charge in [-0.1, -0.05) is 0 Å². The van der Waals surface area contributed by atoms with Crippen LogP contribution in [-0.4, -0.2) is 44.0 Å². The van der Waals surface area contributed by atoms with Crippen LogP contribution >= 0.6 is 0 Å². The molecule has 0 unspecified atom stereocenters. The van der Waals surface area contributed by atoms with E-state index in [0.29, 0.717) is 28.5 Å². The smallest absolute Gasteiger partial charge is 0.221 e. The number of hydrazine groups is 1. The Morgan fingerprint density at radius 3 is 2.64 bits per heavy atom. The molecule has 1 aromatic heterocycles. The summed E-state index contributed by atoms with van der Waals surface area (Å²) in [5.74, 6) is 11.8. The topological polar surface area (TPSA) is 140 Å². The number of carbonyl (C=O) groups excluding carboxylic acids is 1. The molecule has 0 aliphatic heterocycles. The maximum Gasteiger partial charge on any atom is 0.221 e. The highest BCUT2D eigenvalue weighted by molar-refractivity contribution is 6.01. The summed E-state index contributed by atoms with van der Waals surface area (Å²) in [7, 11) is 3.33. The molecule has 1 aromatic carbocycles. The van der Waals surface area contributed by atoms with Gasteiger partial charge in [-0.25, -0.2) is 10.5 Å². The van der Waals surface area contributed by atoms with Crippen molar-refractivity contribution in [1.29, 1.82) is 0 Å². The molecule has 5 N–H and O–H groups in total. The highest BCUT2D eigenvalue weighted by Gasteiger charge is 2.14. The van der Waals surface area contributed by atoms with Crippen LogP contribution in [0.2, 0.25) is 0 Å². The molecular formula is C12H17N9O. The predicted octanol–water partition coefficient (Wildman–Crippen LogP) is -0.739. The first kappa shape index (κ1) is 15.4. The van der Waals surface area contributed by atoms with E-state index in [1.54, 1.807) is 32.3 Å². The minimum absolute atomic E-state index is 0.202. The number of aryl methyl sites for hydroxylation is 1. The lowest BCUT2D eigenvalue weighted by Gasteiger charge is -2.16. The van der Waals surface area contributed by atoms with Gasteiger partial charge in [0.15, 0.2) is 11.7 Å². The maximum absolute atomic E-state index is 11.3. The number of nitrogens with zero attached hydrogens (tertiary/aromatic N) is 6. The third-order valence-electron chi connectivity index (χ3n) is 2.85. The van der Waals surface area contributed by atoms with Gasteiger partial charge < -0.3 is 11.2 Å². The van der Waals surface area contributed by atoms with Crippen molar-refractivity contribution in [3.63, 3.8) is 0 Å². The van der Waals surface area contributed by atoms with Gasteiger partial charge in [0.1, 0.15) is 0 Å². The van der Waals surface area contributed by atoms with Gasteiger partial charge in [-0.05, 0) is 28.6 Å². The standard InChI is InChI=1S/C12H17N9O/c1-7(22)15-10-5-8(11(16-13)20(2)14)4-9(6-10)12-17-18-19-21(12)3/h4-6H,13-14H2,1-3H3,(H,15,22)/b16-11-. The van der Waals surface area contributed by atoms with Gasteiger partial charge in [0.05, 0.1) is 0 Å². The van der Waals surface area contributed by atoms with Crippen molar-refractivity contribution in [2.75, 3.05) is 12.4 Å². The van der Waals surface area contributed by atoms with Crippen LogP contribution in [0.5, 0.6) is 0 Å². The lowest BCUT2D eigenvalue weighted by atomic mass is 10.1. The molecule has 0 radical (unpaired) electrons. The maximum atomic E-state index is 11.3. The summed E-state index contributed by atoms with van der Waals surface area (Å²) in [5.41, 5.74) is 1.87. The molecule has 0 spiro atoms. The van der Waals surface area contributed by atoms with Crippen molar-refractivity contribution in [2.45, 2.75) is 6.92 Å². The third kappa shape index (κ3) is 3.17. The molecule has 116 valence electrons. The number of nitrogens with one attached hydrogen (secondary N) is 1. The normalized spacial score (nSPS) is 11.4. The van der Waals surface area contributed by atoms with E-state index in [-0.39, 0.29) is 5.91 Å². The fraction of sp³-hybridized carbons (Fsp3) is 0.250. The molecule has 1 heterocycles. The Morgan fingerprint density at radius 2 is 2.14 bits per heavy atom. The molecule has 10 heteroatoms. The van der Waals surface area contributed by atoms with Crippen molar-refractivity contribution < 1.29 is 4.79 Å². The Balaban J connectivity index is 2.59. The van der Waals surface area contributed by atoms with Crippen LogP contribution in [-0.2, 0) is 11.8 Å². The van der Waals surface area contributed by atoms with E-state index in [4.69, 9.17) is 11.7 Å². The van der Waals surface area contributed by atoms with Crippen molar-refractivity contribution in [3.05, 3.63) is 23.8 Å². The number of carbonyl (C=O) groups is 1. The minimum Gasteiger partial charge on any atom is -0.326 e. The van der Waals surface area contributed by atoms with Crippen molar-refractivity contribution in [2.24, 2.45) is 23.8 Å². The predicted molar refractivity (Wildman–Crippen MR) is 81.2 cm³/mol. The Labute approximate surface area is 126 Å². The monoisotopic (exact) mass is 303 g/mol. The number of hydrogen-bond acceptors (Lipinski definition) is 7. The SMILES string of the molecule is CC(=O)Nc1cc(/C(=N/N)N(C)N)cc(-c2nnnn2C)c1. The highest BCUT2D eigenvalue weighted by Crippen LogP contribution is 2.23. The first-order valence-corrected chi connectivity index (χ1v) is 6.34. The van der Waals surface area contributed by atoms with Crippen LogP contribution in [0.1, 0.15) is 12.5 Å². The molecular weight excluding hydrogens is 286 g/mol. The Kier molecular flexibility index (Phi) is 4.32. The summed E-state index contributed by atoms with van der Waals surface area (Å²) >= 11 is 0. The molecule has 0 bridgehead atoms. The second kappa shape index (κ2) is 6.18. The number of hydrazone groups is 1. The zero-order valence-electron chi connectivity index (χ0n) is 12.5.